The molecule has 0 aliphatic heterocycles. The number of fused-ring (bicyclic) bond motifs is 3. The van der Waals surface area contributed by atoms with Crippen LogP contribution in [0, 0.1) is 45.3 Å². The van der Waals surface area contributed by atoms with Crippen LogP contribution in [0.1, 0.15) is 22.3 Å². The number of nitriles is 4. The minimum absolute atomic E-state index is 0.398. The maximum atomic E-state index is 11.1. The Hall–Kier alpha value is -11.4. The zero-order valence-electron chi connectivity index (χ0n) is 41.2. The number of hydrogen-bond donors (Lipinski definition) is 0. The lowest BCUT2D eigenvalue weighted by Crippen LogP contribution is -2.09. The highest BCUT2D eigenvalue weighted by Gasteiger charge is 2.23. The molecule has 10 aromatic carbocycles. The fourth-order valence-corrected chi connectivity index (χ4v) is 10.0. The van der Waals surface area contributed by atoms with Crippen molar-refractivity contribution in [3.05, 3.63) is 271 Å². The highest BCUT2D eigenvalue weighted by molar-refractivity contribution is 6.12. The molecule has 9 nitrogen and oxygen atoms in total. The van der Waals surface area contributed by atoms with E-state index in [4.69, 9.17) is 9.97 Å². The fraction of sp³-hybridized carbons (Fsp3) is 0. The molecule has 0 spiro atoms. The van der Waals surface area contributed by atoms with Crippen molar-refractivity contribution in [1.82, 2.24) is 14.5 Å². The fourth-order valence-electron chi connectivity index (χ4n) is 10.0. The van der Waals surface area contributed by atoms with Crippen LogP contribution >= 0.6 is 0 Å². The van der Waals surface area contributed by atoms with Crippen molar-refractivity contribution in [1.29, 1.82) is 21.0 Å². The van der Waals surface area contributed by atoms with E-state index < -0.39 is 0 Å². The van der Waals surface area contributed by atoms with Crippen LogP contribution in [0.4, 0.5) is 34.1 Å². The first-order valence-corrected chi connectivity index (χ1v) is 24.9. The summed E-state index contributed by atoms with van der Waals surface area (Å²) in [7, 11) is 0. The highest BCUT2D eigenvalue weighted by Crippen LogP contribution is 2.44. The number of anilines is 6. The number of para-hydroxylation sites is 4. The largest absolute Gasteiger partial charge is 0.310 e. The summed E-state index contributed by atoms with van der Waals surface area (Å²) < 4.78 is 2.11. The van der Waals surface area contributed by atoms with E-state index in [1.165, 1.54) is 0 Å². The van der Waals surface area contributed by atoms with E-state index in [2.05, 4.69) is 124 Å². The molecule has 0 bridgehead atoms. The number of aromatic nitrogens is 3. The molecule has 0 unspecified atom stereocenters. The van der Waals surface area contributed by atoms with E-state index >= 15 is 0 Å². The van der Waals surface area contributed by atoms with Crippen LogP contribution in [0.5, 0.6) is 0 Å². The molecule has 12 rings (SSSR count). The van der Waals surface area contributed by atoms with Gasteiger partial charge in [0.1, 0.15) is 6.07 Å². The summed E-state index contributed by atoms with van der Waals surface area (Å²) in [5.74, 6) is 0.475. The van der Waals surface area contributed by atoms with Crippen LogP contribution in [-0.2, 0) is 0 Å². The second kappa shape index (κ2) is 20.3. The molecule has 0 N–H and O–H groups in total. The van der Waals surface area contributed by atoms with E-state index in [9.17, 15) is 21.0 Å². The molecule has 2 aromatic heterocycles. The van der Waals surface area contributed by atoms with Crippen molar-refractivity contribution in [2.75, 3.05) is 9.80 Å². The van der Waals surface area contributed by atoms with Crippen molar-refractivity contribution in [3.63, 3.8) is 0 Å². The molecule has 0 amide bonds. The molecule has 0 saturated heterocycles. The standard InChI is InChI=1S/C68H41N9/c69-42-46-21-25-49(26-22-46)63-41-64(74-68(73-63)51-27-23-47(43-70)24-28-51)50-31-29-48(30-32-50)60-37-53(45-72)67(38-52(60)44-71)77-65-35-33-58(75(54-13-5-1-6-14-54)55-15-7-2-8-16-55)39-61(65)62-40-59(34-36-66(62)77)76(56-17-9-3-10-18-56)57-19-11-4-12-20-57/h1-41H. The Morgan fingerprint density at radius 3 is 1.12 bits per heavy atom. The molecule has 12 aromatic rings. The Kier molecular flexibility index (Phi) is 12.3. The lowest BCUT2D eigenvalue weighted by Gasteiger charge is -2.26. The van der Waals surface area contributed by atoms with Gasteiger partial charge in [-0.1, -0.05) is 109 Å². The van der Waals surface area contributed by atoms with Gasteiger partial charge in [0.25, 0.3) is 0 Å². The molecule has 77 heavy (non-hydrogen) atoms. The Bertz CT molecular complexity index is 4040. The minimum atomic E-state index is 0.398. The lowest BCUT2D eigenvalue weighted by atomic mass is 9.95. The molecule has 0 fully saturated rings. The summed E-state index contributed by atoms with van der Waals surface area (Å²) in [5.41, 5.74) is 15.2. The molecular weight excluding hydrogens is 943 g/mol. The van der Waals surface area contributed by atoms with Gasteiger partial charge >= 0.3 is 0 Å². The Morgan fingerprint density at radius 2 is 0.714 bits per heavy atom. The average molecular weight is 984 g/mol. The summed E-state index contributed by atoms with van der Waals surface area (Å²) in [4.78, 5) is 14.4. The van der Waals surface area contributed by atoms with Gasteiger partial charge in [0.2, 0.25) is 0 Å². The van der Waals surface area contributed by atoms with Gasteiger partial charge in [-0.25, -0.2) is 9.97 Å². The first kappa shape index (κ1) is 46.7. The first-order chi connectivity index (χ1) is 38.0. The summed E-state index contributed by atoms with van der Waals surface area (Å²) in [5, 5.41) is 43.0. The molecule has 0 saturated carbocycles. The van der Waals surface area contributed by atoms with Gasteiger partial charge in [-0.2, -0.15) is 21.0 Å². The molecule has 9 heteroatoms. The minimum Gasteiger partial charge on any atom is -0.310 e. The molecule has 358 valence electrons. The lowest BCUT2D eigenvalue weighted by molar-refractivity contribution is 1.16. The van der Waals surface area contributed by atoms with Gasteiger partial charge in [0.05, 0.1) is 68.6 Å². The normalized spacial score (nSPS) is 10.8. The molecule has 0 radical (unpaired) electrons. The van der Waals surface area contributed by atoms with Crippen molar-refractivity contribution < 1.29 is 0 Å². The molecule has 0 aliphatic carbocycles. The van der Waals surface area contributed by atoms with E-state index in [1.54, 1.807) is 24.3 Å². The Morgan fingerprint density at radius 1 is 0.325 bits per heavy atom. The number of benzene rings is 10. The molecular formula is C68H41N9. The van der Waals surface area contributed by atoms with Gasteiger partial charge in [0.15, 0.2) is 5.82 Å². The zero-order valence-corrected chi connectivity index (χ0v) is 41.2. The number of hydrogen-bond acceptors (Lipinski definition) is 8. The predicted octanol–water partition coefficient (Wildman–Crippen LogP) is 16.7. The number of rotatable bonds is 11. The third-order valence-electron chi connectivity index (χ3n) is 13.7. The van der Waals surface area contributed by atoms with Crippen molar-refractivity contribution in [2.24, 2.45) is 0 Å². The van der Waals surface area contributed by atoms with E-state index in [-0.39, 0.29) is 0 Å². The van der Waals surface area contributed by atoms with Gasteiger partial charge in [-0.05, 0) is 145 Å². The molecule has 2 heterocycles. The van der Waals surface area contributed by atoms with Gasteiger partial charge in [0, 0.05) is 67.2 Å². The third-order valence-corrected chi connectivity index (χ3v) is 13.7. The van der Waals surface area contributed by atoms with Crippen LogP contribution in [0.25, 0.3) is 72.5 Å². The smallest absolute Gasteiger partial charge is 0.160 e. The van der Waals surface area contributed by atoms with Crippen LogP contribution in [0.2, 0.25) is 0 Å². The second-order valence-corrected chi connectivity index (χ2v) is 18.3. The summed E-state index contributed by atoms with van der Waals surface area (Å²) in [6, 6.07) is 91.2. The monoisotopic (exact) mass is 983 g/mol. The quantitative estimate of drug-likeness (QED) is 0.125. The van der Waals surface area contributed by atoms with Crippen LogP contribution in [-0.4, -0.2) is 14.5 Å². The maximum absolute atomic E-state index is 11.1. The van der Waals surface area contributed by atoms with Gasteiger partial charge in [-0.3, -0.25) is 0 Å². The van der Waals surface area contributed by atoms with E-state index in [1.807, 2.05) is 140 Å². The van der Waals surface area contributed by atoms with Crippen LogP contribution < -0.4 is 9.80 Å². The number of nitrogens with zero attached hydrogens (tertiary/aromatic N) is 9. The highest BCUT2D eigenvalue weighted by atomic mass is 15.1. The Labute approximate surface area is 445 Å². The van der Waals surface area contributed by atoms with Gasteiger partial charge < -0.3 is 14.4 Å². The topological polar surface area (TPSA) is 132 Å². The first-order valence-electron chi connectivity index (χ1n) is 24.9. The maximum Gasteiger partial charge on any atom is 0.160 e. The summed E-state index contributed by atoms with van der Waals surface area (Å²) >= 11 is 0. The van der Waals surface area contributed by atoms with Crippen molar-refractivity contribution in [2.45, 2.75) is 0 Å². The summed E-state index contributed by atoms with van der Waals surface area (Å²) in [6.07, 6.45) is 0. The van der Waals surface area contributed by atoms with Crippen LogP contribution in [0.15, 0.2) is 249 Å². The average Bonchev–Trinajstić information content (AvgIpc) is 3.85. The molecule has 0 atom stereocenters. The SMILES string of the molecule is N#Cc1ccc(-c2cc(-c3ccc(-c4cc(C#N)c(-n5c6ccc(N(c7ccccc7)c7ccccc7)cc6c6cc(N(c7ccccc7)c7ccccc7)ccc65)cc4C#N)cc3)nc(-c3ccc(C#N)cc3)n2)cc1. The molecule has 0 aliphatic rings. The summed E-state index contributed by atoms with van der Waals surface area (Å²) in [6.45, 7) is 0. The van der Waals surface area contributed by atoms with Crippen LogP contribution in [0.3, 0.4) is 0 Å². The van der Waals surface area contributed by atoms with Crippen molar-refractivity contribution >= 4 is 55.9 Å². The third kappa shape index (κ3) is 8.92. The Balaban J connectivity index is 0.999. The zero-order chi connectivity index (χ0) is 52.2. The van der Waals surface area contributed by atoms with Crippen molar-refractivity contribution in [3.8, 4) is 75.0 Å². The van der Waals surface area contributed by atoms with Gasteiger partial charge in [-0.15, -0.1) is 0 Å². The second-order valence-electron chi connectivity index (χ2n) is 18.3. The predicted molar refractivity (Wildman–Crippen MR) is 306 cm³/mol. The van der Waals surface area contributed by atoms with E-state index in [0.717, 1.165) is 78.2 Å². The van der Waals surface area contributed by atoms with E-state index in [0.29, 0.717) is 50.7 Å².